The van der Waals surface area contributed by atoms with Crippen molar-refractivity contribution < 1.29 is 0 Å². The largest absolute Gasteiger partial charge is 0.332 e. The highest BCUT2D eigenvalue weighted by atomic mass is 79.9. The third-order valence-electron chi connectivity index (χ3n) is 4.02. The number of aryl methyl sites for hydroxylation is 1. The maximum absolute atomic E-state index is 12.6. The third-order valence-corrected chi connectivity index (χ3v) is 4.55. The molecule has 3 rings (SSSR count). The quantitative estimate of drug-likeness (QED) is 0.381. The lowest BCUT2D eigenvalue weighted by molar-refractivity contribution is 0.702. The molecule has 3 aromatic rings. The van der Waals surface area contributed by atoms with Crippen LogP contribution in [-0.4, -0.2) is 24.9 Å². The van der Waals surface area contributed by atoms with Gasteiger partial charge in [0.25, 0.3) is 5.56 Å². The van der Waals surface area contributed by atoms with Crippen LogP contribution in [0.5, 0.6) is 0 Å². The van der Waals surface area contributed by atoms with Gasteiger partial charge in [-0.25, -0.2) is 10.2 Å². The molecule has 0 amide bonds. The van der Waals surface area contributed by atoms with Crippen molar-refractivity contribution in [2.75, 3.05) is 5.43 Å². The number of hydrogen-bond acceptors (Lipinski definition) is 5. The van der Waals surface area contributed by atoms with Gasteiger partial charge in [-0.2, -0.15) is 10.1 Å². The summed E-state index contributed by atoms with van der Waals surface area (Å²) in [7, 11) is 3.03. The number of imidazole rings is 1. The van der Waals surface area contributed by atoms with Gasteiger partial charge in [0, 0.05) is 25.1 Å². The number of hydrogen-bond donors (Lipinski definition) is 1. The molecule has 0 unspecified atom stereocenters. The summed E-state index contributed by atoms with van der Waals surface area (Å²) >= 11 is 3.39. The molecule has 27 heavy (non-hydrogen) atoms. The van der Waals surface area contributed by atoms with Crippen molar-refractivity contribution >= 4 is 39.3 Å². The van der Waals surface area contributed by atoms with Gasteiger partial charge in [-0.05, 0) is 24.6 Å². The molecule has 0 aliphatic heterocycles. The lowest BCUT2D eigenvalue weighted by Crippen LogP contribution is -2.37. The first kappa shape index (κ1) is 18.8. The van der Waals surface area contributed by atoms with Crippen LogP contribution >= 0.6 is 15.9 Å². The molecular weight excluding hydrogens is 412 g/mol. The fourth-order valence-corrected chi connectivity index (χ4v) is 2.93. The summed E-state index contributed by atoms with van der Waals surface area (Å²) in [5.41, 5.74) is 4.38. The number of allylic oxidation sites excluding steroid dienone is 1. The van der Waals surface area contributed by atoms with E-state index in [0.29, 0.717) is 23.7 Å². The zero-order valence-corrected chi connectivity index (χ0v) is 16.8. The highest BCUT2D eigenvalue weighted by Gasteiger charge is 2.18. The summed E-state index contributed by atoms with van der Waals surface area (Å²) in [6, 6.07) is 7.64. The molecule has 0 radical (unpaired) electrons. The number of nitrogens with zero attached hydrogens (tertiary/aromatic N) is 5. The van der Waals surface area contributed by atoms with Crippen molar-refractivity contribution in [3.63, 3.8) is 0 Å². The predicted octanol–water partition coefficient (Wildman–Crippen LogP) is 2.22. The van der Waals surface area contributed by atoms with E-state index in [1.165, 1.54) is 11.6 Å². The number of nitrogens with one attached hydrogen (secondary N) is 1. The van der Waals surface area contributed by atoms with Crippen LogP contribution in [0.3, 0.4) is 0 Å². The minimum atomic E-state index is -0.433. The van der Waals surface area contributed by atoms with Crippen LogP contribution in [0.15, 0.2) is 55.6 Å². The van der Waals surface area contributed by atoms with E-state index < -0.39 is 11.2 Å². The molecular formula is C18H19BrN6O2. The molecule has 1 N–H and O–H groups in total. The van der Waals surface area contributed by atoms with Crippen LogP contribution in [0.2, 0.25) is 0 Å². The molecule has 0 saturated heterocycles. The molecule has 140 valence electrons. The van der Waals surface area contributed by atoms with Crippen LogP contribution in [0.1, 0.15) is 12.5 Å². The Hall–Kier alpha value is -2.94. The maximum Gasteiger partial charge on any atom is 0.332 e. The Morgan fingerprint density at radius 2 is 1.93 bits per heavy atom. The smallest absolute Gasteiger partial charge is 0.299 e. The Bertz CT molecular complexity index is 1170. The second-order valence-electron chi connectivity index (χ2n) is 6.28. The van der Waals surface area contributed by atoms with Gasteiger partial charge in [-0.3, -0.25) is 18.5 Å². The Morgan fingerprint density at radius 1 is 1.26 bits per heavy atom. The Balaban J connectivity index is 2.09. The summed E-state index contributed by atoms with van der Waals surface area (Å²) in [5, 5.41) is 4.21. The number of anilines is 1. The number of halogens is 1. The van der Waals surface area contributed by atoms with Gasteiger partial charge in [0.1, 0.15) is 0 Å². The predicted molar refractivity (Wildman–Crippen MR) is 110 cm³/mol. The maximum atomic E-state index is 12.6. The fraction of sp³-hybridized carbons (Fsp3) is 0.222. The highest BCUT2D eigenvalue weighted by molar-refractivity contribution is 9.10. The number of aromatic nitrogens is 4. The van der Waals surface area contributed by atoms with Gasteiger partial charge in [0.15, 0.2) is 11.2 Å². The van der Waals surface area contributed by atoms with E-state index >= 15 is 0 Å². The third kappa shape index (κ3) is 3.63. The number of fused-ring (bicyclic) bond motifs is 1. The molecule has 2 heterocycles. The van der Waals surface area contributed by atoms with E-state index in [4.69, 9.17) is 0 Å². The van der Waals surface area contributed by atoms with Crippen molar-refractivity contribution in [2.24, 2.45) is 19.2 Å². The van der Waals surface area contributed by atoms with Gasteiger partial charge in [-0.15, -0.1) is 0 Å². The van der Waals surface area contributed by atoms with E-state index in [9.17, 15) is 9.59 Å². The van der Waals surface area contributed by atoms with E-state index in [-0.39, 0.29) is 0 Å². The summed E-state index contributed by atoms with van der Waals surface area (Å²) < 4.78 is 5.06. The monoisotopic (exact) mass is 430 g/mol. The second kappa shape index (κ2) is 7.36. The highest BCUT2D eigenvalue weighted by Crippen LogP contribution is 2.17. The first-order valence-electron chi connectivity index (χ1n) is 8.15. The first-order chi connectivity index (χ1) is 12.8. The van der Waals surface area contributed by atoms with Crippen molar-refractivity contribution in [2.45, 2.75) is 13.5 Å². The Morgan fingerprint density at radius 3 is 2.56 bits per heavy atom. The molecule has 0 bridgehead atoms. The van der Waals surface area contributed by atoms with Crippen molar-refractivity contribution in [3.8, 4) is 0 Å². The van der Waals surface area contributed by atoms with Crippen molar-refractivity contribution in [1.29, 1.82) is 0 Å². The molecule has 0 atom stereocenters. The Kier molecular flexibility index (Phi) is 5.13. The second-order valence-corrected chi connectivity index (χ2v) is 7.19. The normalized spacial score (nSPS) is 11.4. The minimum absolute atomic E-state index is 0.297. The van der Waals surface area contributed by atoms with Gasteiger partial charge in [-0.1, -0.05) is 40.2 Å². The molecule has 0 aliphatic rings. The molecule has 8 nitrogen and oxygen atoms in total. The zero-order chi connectivity index (χ0) is 19.7. The summed E-state index contributed by atoms with van der Waals surface area (Å²) in [5.74, 6) is 0.361. The average Bonchev–Trinajstić information content (AvgIpc) is 2.98. The standard InChI is InChI=1S/C18H19BrN6O2/c1-11(2)10-25-14-15(23(3)18(27)24(4)16(14)26)21-17(25)22-20-9-12-5-7-13(19)8-6-12/h5-9H,1,10H2,2-4H3,(H,21,22)/b20-9-. The first-order valence-corrected chi connectivity index (χ1v) is 8.94. The van der Waals surface area contributed by atoms with Crippen LogP contribution in [0, 0.1) is 0 Å². The summed E-state index contributed by atoms with van der Waals surface area (Å²) in [6.45, 7) is 6.14. The molecule has 0 fully saturated rings. The van der Waals surface area contributed by atoms with Gasteiger partial charge < -0.3 is 0 Å². The van der Waals surface area contributed by atoms with E-state index in [1.807, 2.05) is 31.2 Å². The molecule has 0 saturated carbocycles. The van der Waals surface area contributed by atoms with Gasteiger partial charge in [0.05, 0.1) is 6.21 Å². The van der Waals surface area contributed by atoms with Crippen LogP contribution < -0.4 is 16.7 Å². The number of rotatable bonds is 5. The molecule has 0 spiro atoms. The lowest BCUT2D eigenvalue weighted by Gasteiger charge is -2.08. The van der Waals surface area contributed by atoms with Gasteiger partial charge in [0.2, 0.25) is 5.95 Å². The number of hydrazone groups is 1. The number of benzene rings is 1. The van der Waals surface area contributed by atoms with Crippen LogP contribution in [0.25, 0.3) is 11.2 Å². The van der Waals surface area contributed by atoms with Crippen LogP contribution in [0.4, 0.5) is 5.95 Å². The van der Waals surface area contributed by atoms with Crippen molar-refractivity contribution in [1.82, 2.24) is 18.7 Å². The van der Waals surface area contributed by atoms with Crippen LogP contribution in [-0.2, 0) is 20.6 Å². The van der Waals surface area contributed by atoms with E-state index in [1.54, 1.807) is 17.8 Å². The topological polar surface area (TPSA) is 86.2 Å². The molecule has 2 aromatic heterocycles. The molecule has 1 aromatic carbocycles. The summed E-state index contributed by atoms with van der Waals surface area (Å²) in [6.07, 6.45) is 1.65. The average molecular weight is 431 g/mol. The molecule has 9 heteroatoms. The summed E-state index contributed by atoms with van der Waals surface area (Å²) in [4.78, 5) is 29.2. The minimum Gasteiger partial charge on any atom is -0.299 e. The van der Waals surface area contributed by atoms with Crippen molar-refractivity contribution in [3.05, 3.63) is 67.3 Å². The van der Waals surface area contributed by atoms with Gasteiger partial charge >= 0.3 is 5.69 Å². The lowest BCUT2D eigenvalue weighted by atomic mass is 10.2. The SMILES string of the molecule is C=C(C)Cn1c(N/N=C\c2ccc(Br)cc2)nc2c1c(=O)n(C)c(=O)n2C. The zero-order valence-electron chi connectivity index (χ0n) is 15.2. The Labute approximate surface area is 163 Å². The van der Waals surface area contributed by atoms with E-state index in [0.717, 1.165) is 20.2 Å². The molecule has 0 aliphatic carbocycles. The fourth-order valence-electron chi connectivity index (χ4n) is 2.67. The van der Waals surface area contributed by atoms with E-state index in [2.05, 4.69) is 38.0 Å².